The Hall–Kier alpha value is -0.940. The van der Waals surface area contributed by atoms with Crippen LogP contribution in [-0.4, -0.2) is 44.3 Å². The average Bonchev–Trinajstić information content (AvgIpc) is 2.83. The second-order valence-corrected chi connectivity index (χ2v) is 5.95. The van der Waals surface area contributed by atoms with Crippen molar-refractivity contribution in [2.24, 2.45) is 0 Å². The number of ether oxygens (including phenoxy) is 1. The van der Waals surface area contributed by atoms with E-state index in [1.165, 1.54) is 15.6 Å². The Morgan fingerprint density at radius 1 is 1.42 bits per heavy atom. The maximum Gasteiger partial charge on any atom is 0.0826 e. The maximum absolute atomic E-state index is 5.75. The van der Waals surface area contributed by atoms with Crippen molar-refractivity contribution in [3.63, 3.8) is 0 Å². The molecule has 2 aromatic rings. The van der Waals surface area contributed by atoms with Crippen LogP contribution in [0.2, 0.25) is 0 Å². The molecule has 1 aliphatic rings. The molecule has 1 fully saturated rings. The summed E-state index contributed by atoms with van der Waals surface area (Å²) in [6.07, 6.45) is 0.323. The van der Waals surface area contributed by atoms with Crippen LogP contribution in [0.25, 0.3) is 10.1 Å². The Balaban J connectivity index is 1.70. The van der Waals surface area contributed by atoms with Crippen LogP contribution in [0, 0.1) is 0 Å². The zero-order valence-electron chi connectivity index (χ0n) is 11.3. The second-order valence-electron chi connectivity index (χ2n) is 5.04. The highest BCUT2D eigenvalue weighted by Crippen LogP contribution is 2.27. The first-order chi connectivity index (χ1) is 9.36. The van der Waals surface area contributed by atoms with Crippen molar-refractivity contribution >= 4 is 21.4 Å². The molecule has 1 unspecified atom stereocenters. The van der Waals surface area contributed by atoms with Gasteiger partial charge in [-0.05, 0) is 29.4 Å². The first-order valence-corrected chi connectivity index (χ1v) is 7.68. The lowest BCUT2D eigenvalue weighted by Gasteiger charge is -2.32. The predicted molar refractivity (Wildman–Crippen MR) is 80.8 cm³/mol. The number of hydrogen-bond acceptors (Lipinski definition) is 4. The van der Waals surface area contributed by atoms with Gasteiger partial charge in [0.05, 0.1) is 12.7 Å². The zero-order valence-corrected chi connectivity index (χ0v) is 12.1. The Morgan fingerprint density at radius 3 is 3.21 bits per heavy atom. The van der Waals surface area contributed by atoms with E-state index >= 15 is 0 Å². The van der Waals surface area contributed by atoms with Gasteiger partial charge in [0.25, 0.3) is 0 Å². The molecule has 1 atom stereocenters. The molecular weight excluding hydrogens is 256 g/mol. The van der Waals surface area contributed by atoms with Gasteiger partial charge in [0, 0.05) is 30.9 Å². The average molecular weight is 276 g/mol. The maximum atomic E-state index is 5.75. The van der Waals surface area contributed by atoms with Crippen LogP contribution >= 0.6 is 11.3 Å². The number of likely N-dealkylation sites (N-methyl/N-ethyl adjacent to an activating group) is 1. The smallest absolute Gasteiger partial charge is 0.0826 e. The van der Waals surface area contributed by atoms with Crippen molar-refractivity contribution < 1.29 is 4.74 Å². The van der Waals surface area contributed by atoms with Gasteiger partial charge >= 0.3 is 0 Å². The summed E-state index contributed by atoms with van der Waals surface area (Å²) < 4.78 is 7.14. The van der Waals surface area contributed by atoms with E-state index < -0.39 is 0 Å². The van der Waals surface area contributed by atoms with Gasteiger partial charge in [0.1, 0.15) is 0 Å². The first-order valence-electron chi connectivity index (χ1n) is 6.80. The van der Waals surface area contributed by atoms with Crippen LogP contribution in [0.5, 0.6) is 0 Å². The third-order valence-electron chi connectivity index (χ3n) is 3.61. The van der Waals surface area contributed by atoms with E-state index in [2.05, 4.69) is 39.9 Å². The molecule has 2 heterocycles. The van der Waals surface area contributed by atoms with Crippen molar-refractivity contribution in [1.82, 2.24) is 10.2 Å². The van der Waals surface area contributed by atoms with Crippen LogP contribution < -0.4 is 5.32 Å². The van der Waals surface area contributed by atoms with E-state index in [4.69, 9.17) is 4.74 Å². The second kappa shape index (κ2) is 6.01. The fourth-order valence-electron chi connectivity index (χ4n) is 2.67. The fraction of sp³-hybridized carbons (Fsp3) is 0.467. The van der Waals surface area contributed by atoms with Gasteiger partial charge in [-0.15, -0.1) is 11.3 Å². The van der Waals surface area contributed by atoms with Crippen LogP contribution in [0.4, 0.5) is 0 Å². The number of benzene rings is 1. The van der Waals surface area contributed by atoms with Crippen molar-refractivity contribution in [2.75, 3.05) is 33.3 Å². The molecule has 0 amide bonds. The van der Waals surface area contributed by atoms with E-state index in [9.17, 15) is 0 Å². The summed E-state index contributed by atoms with van der Waals surface area (Å²) in [5, 5.41) is 6.90. The fourth-order valence-corrected chi connectivity index (χ4v) is 3.63. The molecule has 1 N–H and O–H groups in total. The quantitative estimate of drug-likeness (QED) is 0.927. The summed E-state index contributed by atoms with van der Waals surface area (Å²) in [5.74, 6) is 0. The van der Waals surface area contributed by atoms with Crippen LogP contribution in [0.3, 0.4) is 0 Å². The highest BCUT2D eigenvalue weighted by molar-refractivity contribution is 7.17. The number of fused-ring (bicyclic) bond motifs is 1. The lowest BCUT2D eigenvalue weighted by Crippen LogP contribution is -2.45. The SMILES string of the molecule is CNCC1CN(Cc2csc3ccccc23)CCO1. The standard InChI is InChI=1S/C15H20N2OS/c1-16-8-13-10-17(6-7-18-13)9-12-11-19-15-5-3-2-4-14(12)15/h2-5,11,13,16H,6-10H2,1H3. The minimum Gasteiger partial charge on any atom is -0.374 e. The number of rotatable bonds is 4. The molecule has 1 aliphatic heterocycles. The summed E-state index contributed by atoms with van der Waals surface area (Å²) in [5.41, 5.74) is 1.45. The Bertz CT molecular complexity index is 538. The highest BCUT2D eigenvalue weighted by atomic mass is 32.1. The molecule has 0 saturated carbocycles. The van der Waals surface area contributed by atoms with Crippen LogP contribution in [0.15, 0.2) is 29.6 Å². The molecule has 1 aromatic heterocycles. The minimum absolute atomic E-state index is 0.323. The number of hydrogen-bond donors (Lipinski definition) is 1. The molecule has 1 aromatic carbocycles. The van der Waals surface area contributed by atoms with Crippen LogP contribution in [0.1, 0.15) is 5.56 Å². The van der Waals surface area contributed by atoms with Crippen molar-refractivity contribution in [3.05, 3.63) is 35.2 Å². The van der Waals surface area contributed by atoms with E-state index in [0.717, 1.165) is 32.8 Å². The molecule has 0 spiro atoms. The van der Waals surface area contributed by atoms with E-state index in [1.54, 1.807) is 0 Å². The Kier molecular flexibility index (Phi) is 4.13. The van der Waals surface area contributed by atoms with Crippen LogP contribution in [-0.2, 0) is 11.3 Å². The van der Waals surface area contributed by atoms with Gasteiger partial charge in [-0.25, -0.2) is 0 Å². The molecule has 0 aliphatic carbocycles. The topological polar surface area (TPSA) is 24.5 Å². The third kappa shape index (κ3) is 2.98. The molecular formula is C15H20N2OS. The highest BCUT2D eigenvalue weighted by Gasteiger charge is 2.20. The van der Waals surface area contributed by atoms with Gasteiger partial charge < -0.3 is 10.1 Å². The molecule has 1 saturated heterocycles. The summed E-state index contributed by atoms with van der Waals surface area (Å²) in [6.45, 7) is 4.86. The molecule has 0 bridgehead atoms. The number of thiophene rings is 1. The van der Waals surface area contributed by atoms with E-state index in [0.29, 0.717) is 6.10 Å². The molecule has 102 valence electrons. The minimum atomic E-state index is 0.323. The molecule has 19 heavy (non-hydrogen) atoms. The van der Waals surface area contributed by atoms with Crippen molar-refractivity contribution in [2.45, 2.75) is 12.6 Å². The largest absolute Gasteiger partial charge is 0.374 e. The molecule has 0 radical (unpaired) electrons. The summed E-state index contributed by atoms with van der Waals surface area (Å²) >= 11 is 1.84. The third-order valence-corrected chi connectivity index (χ3v) is 4.62. The van der Waals surface area contributed by atoms with Gasteiger partial charge in [-0.3, -0.25) is 4.90 Å². The summed E-state index contributed by atoms with van der Waals surface area (Å²) in [6, 6.07) is 8.67. The van der Waals surface area contributed by atoms with Gasteiger partial charge in [0.2, 0.25) is 0 Å². The Morgan fingerprint density at radius 2 is 2.32 bits per heavy atom. The van der Waals surface area contributed by atoms with Crippen molar-refractivity contribution in [1.29, 1.82) is 0 Å². The Labute approximate surface area is 118 Å². The summed E-state index contributed by atoms with van der Waals surface area (Å²) in [7, 11) is 1.98. The molecule has 3 nitrogen and oxygen atoms in total. The van der Waals surface area contributed by atoms with Crippen molar-refractivity contribution in [3.8, 4) is 0 Å². The molecule has 3 rings (SSSR count). The van der Waals surface area contributed by atoms with Gasteiger partial charge in [-0.1, -0.05) is 18.2 Å². The lowest BCUT2D eigenvalue weighted by molar-refractivity contribution is -0.0289. The van der Waals surface area contributed by atoms with E-state index in [1.807, 2.05) is 18.4 Å². The zero-order chi connectivity index (χ0) is 13.1. The number of nitrogens with one attached hydrogen (secondary N) is 1. The van der Waals surface area contributed by atoms with Gasteiger partial charge in [0.15, 0.2) is 0 Å². The first kappa shape index (κ1) is 13.1. The molecule has 4 heteroatoms. The normalized spacial score (nSPS) is 21.0. The summed E-state index contributed by atoms with van der Waals surface area (Å²) in [4.78, 5) is 2.50. The monoisotopic (exact) mass is 276 g/mol. The predicted octanol–water partition coefficient (Wildman–Crippen LogP) is 2.32. The number of morpholine rings is 1. The lowest BCUT2D eigenvalue weighted by atomic mass is 10.1. The van der Waals surface area contributed by atoms with E-state index in [-0.39, 0.29) is 0 Å². The van der Waals surface area contributed by atoms with Gasteiger partial charge in [-0.2, -0.15) is 0 Å². The number of nitrogens with zero attached hydrogens (tertiary/aromatic N) is 1.